The third-order valence-electron chi connectivity index (χ3n) is 9.87. The van der Waals surface area contributed by atoms with E-state index < -0.39 is 12.1 Å². The standard InChI is InChI=1S/C49H29N3OS/c1-2-11-33-28-35(27-26-30(33)10-1)32-24-22-31(23-25-32)34-12-7-13-36(29-34)47-50-48(39-16-8-19-42-45(39)37-14-3-5-18-41(37)53-42)52-49(51-47)40-17-9-21-44-46(40)38-15-4-6-20-43(38)54-44/h1-29H/i4D,6D,9D,15D,17D,20D,21D. The van der Waals surface area contributed by atoms with E-state index in [4.69, 9.17) is 27.6 Å². The second-order valence-corrected chi connectivity index (χ2v) is 14.1. The molecular weight excluding hydrogens is 679 g/mol. The molecule has 0 aliphatic heterocycles. The second kappa shape index (κ2) is 12.3. The van der Waals surface area contributed by atoms with Crippen molar-refractivity contribution in [3.63, 3.8) is 0 Å². The van der Waals surface area contributed by atoms with Crippen LogP contribution in [0.2, 0.25) is 0 Å². The number of rotatable bonds is 5. The molecule has 0 unspecified atom stereocenters. The summed E-state index contributed by atoms with van der Waals surface area (Å²) in [5, 5.41) is 4.40. The highest BCUT2D eigenvalue weighted by atomic mass is 32.1. The highest BCUT2D eigenvalue weighted by molar-refractivity contribution is 7.25. The minimum atomic E-state index is -0.436. The van der Waals surface area contributed by atoms with Crippen molar-refractivity contribution < 1.29 is 14.0 Å². The Morgan fingerprint density at radius 3 is 1.98 bits per heavy atom. The van der Waals surface area contributed by atoms with Crippen molar-refractivity contribution >= 4 is 64.2 Å². The van der Waals surface area contributed by atoms with Crippen LogP contribution >= 0.6 is 11.3 Å². The fourth-order valence-corrected chi connectivity index (χ4v) is 8.26. The SMILES string of the molecule is [2H]c1c([2H])c([2H])c2c(sc3c([2H])c([2H])c([2H])c(-c4nc(-c5cccc(-c6ccc(-c7ccc8ccccc8c7)cc6)c5)nc(-c5cccc6oc7ccccc7c56)n4)c32)c1[2H]. The number of thiophene rings is 1. The maximum absolute atomic E-state index is 9.31. The fraction of sp³-hybridized carbons (Fsp3) is 0. The van der Waals surface area contributed by atoms with Crippen LogP contribution in [0, 0.1) is 0 Å². The first kappa shape index (κ1) is 24.3. The quantitative estimate of drug-likeness (QED) is 0.178. The van der Waals surface area contributed by atoms with Gasteiger partial charge >= 0.3 is 0 Å². The number of para-hydroxylation sites is 1. The molecule has 0 aliphatic carbocycles. The van der Waals surface area contributed by atoms with Gasteiger partial charge in [-0.1, -0.05) is 139 Å². The lowest BCUT2D eigenvalue weighted by atomic mass is 9.97. The molecule has 54 heavy (non-hydrogen) atoms. The summed E-state index contributed by atoms with van der Waals surface area (Å²) >= 11 is 1.00. The van der Waals surface area contributed by atoms with Crippen molar-refractivity contribution in [2.75, 3.05) is 0 Å². The Labute approximate surface area is 324 Å². The minimum Gasteiger partial charge on any atom is -0.456 e. The van der Waals surface area contributed by atoms with Crippen molar-refractivity contribution in [2.24, 2.45) is 0 Å². The number of nitrogens with zero attached hydrogens (tertiary/aromatic N) is 3. The number of furan rings is 1. The number of hydrogen-bond acceptors (Lipinski definition) is 5. The summed E-state index contributed by atoms with van der Waals surface area (Å²) in [7, 11) is 0. The van der Waals surface area contributed by atoms with Crippen molar-refractivity contribution in [3.8, 4) is 56.4 Å². The zero-order chi connectivity index (χ0) is 41.7. The number of fused-ring (bicyclic) bond motifs is 7. The average molecular weight is 715 g/mol. The molecule has 0 amide bonds. The van der Waals surface area contributed by atoms with E-state index in [2.05, 4.69) is 54.6 Å². The summed E-state index contributed by atoms with van der Waals surface area (Å²) in [6, 6.07) is 42.0. The van der Waals surface area contributed by atoms with Gasteiger partial charge in [0, 0.05) is 47.6 Å². The lowest BCUT2D eigenvalue weighted by Gasteiger charge is -2.11. The van der Waals surface area contributed by atoms with Gasteiger partial charge in [0.15, 0.2) is 17.5 Å². The lowest BCUT2D eigenvalue weighted by molar-refractivity contribution is 0.669. The summed E-state index contributed by atoms with van der Waals surface area (Å²) < 4.78 is 68.4. The number of benzene rings is 8. The predicted octanol–water partition coefficient (Wildman–Crippen LogP) is 13.6. The monoisotopic (exact) mass is 714 g/mol. The van der Waals surface area contributed by atoms with E-state index in [-0.39, 0.29) is 73.4 Å². The van der Waals surface area contributed by atoms with Gasteiger partial charge in [0.2, 0.25) is 0 Å². The molecule has 11 rings (SSSR count). The Morgan fingerprint density at radius 2 is 1.09 bits per heavy atom. The van der Waals surface area contributed by atoms with Crippen LogP contribution in [0.25, 0.3) is 109 Å². The zero-order valence-electron chi connectivity index (χ0n) is 35.4. The van der Waals surface area contributed by atoms with Crippen LogP contribution in [0.5, 0.6) is 0 Å². The first-order valence-electron chi connectivity index (χ1n) is 20.9. The largest absolute Gasteiger partial charge is 0.456 e. The van der Waals surface area contributed by atoms with E-state index >= 15 is 0 Å². The molecule has 5 heteroatoms. The van der Waals surface area contributed by atoms with Gasteiger partial charge < -0.3 is 4.42 Å². The maximum atomic E-state index is 9.31. The van der Waals surface area contributed by atoms with Crippen LogP contribution in [0.15, 0.2) is 180 Å². The Hall–Kier alpha value is -6.95. The van der Waals surface area contributed by atoms with Crippen molar-refractivity contribution in [1.29, 1.82) is 0 Å². The fourth-order valence-electron chi connectivity index (χ4n) is 7.29. The highest BCUT2D eigenvalue weighted by Crippen LogP contribution is 2.41. The van der Waals surface area contributed by atoms with Gasteiger partial charge in [-0.25, -0.2) is 15.0 Å². The second-order valence-electron chi connectivity index (χ2n) is 13.1. The molecule has 0 aliphatic rings. The minimum absolute atomic E-state index is 0.0329. The van der Waals surface area contributed by atoms with E-state index in [1.807, 2.05) is 78.9 Å². The van der Waals surface area contributed by atoms with Gasteiger partial charge in [0.1, 0.15) is 11.2 Å². The van der Waals surface area contributed by atoms with Crippen molar-refractivity contribution in [1.82, 2.24) is 15.0 Å². The van der Waals surface area contributed by atoms with Gasteiger partial charge in [0.05, 0.1) is 9.60 Å². The first-order chi connectivity index (χ1) is 29.6. The molecule has 11 aromatic rings. The first-order valence-corrected chi connectivity index (χ1v) is 18.3. The van der Waals surface area contributed by atoms with Crippen molar-refractivity contribution in [3.05, 3.63) is 176 Å². The van der Waals surface area contributed by atoms with Crippen LogP contribution in [-0.4, -0.2) is 15.0 Å². The van der Waals surface area contributed by atoms with Crippen LogP contribution in [0.1, 0.15) is 9.60 Å². The molecule has 3 aromatic heterocycles. The van der Waals surface area contributed by atoms with E-state index in [1.165, 1.54) is 10.8 Å². The van der Waals surface area contributed by atoms with Gasteiger partial charge in [-0.05, 0) is 69.4 Å². The van der Waals surface area contributed by atoms with Gasteiger partial charge in [-0.3, -0.25) is 0 Å². The molecule has 252 valence electrons. The lowest BCUT2D eigenvalue weighted by Crippen LogP contribution is -2.01. The summed E-state index contributed by atoms with van der Waals surface area (Å²) in [6.45, 7) is 0. The van der Waals surface area contributed by atoms with Crippen LogP contribution in [0.3, 0.4) is 0 Å². The Kier molecular flexibility index (Phi) is 5.55. The molecule has 0 spiro atoms. The highest BCUT2D eigenvalue weighted by Gasteiger charge is 2.20. The van der Waals surface area contributed by atoms with E-state index in [0.717, 1.165) is 44.4 Å². The Bertz CT molecular complexity index is 3640. The molecule has 4 nitrogen and oxygen atoms in total. The topological polar surface area (TPSA) is 51.8 Å². The molecule has 0 saturated heterocycles. The molecule has 3 heterocycles. The summed E-state index contributed by atoms with van der Waals surface area (Å²) in [5.41, 5.74) is 6.83. The van der Waals surface area contributed by atoms with Crippen LogP contribution in [0.4, 0.5) is 0 Å². The Balaban J connectivity index is 1.13. The van der Waals surface area contributed by atoms with Gasteiger partial charge in [0.25, 0.3) is 0 Å². The predicted molar refractivity (Wildman–Crippen MR) is 225 cm³/mol. The third kappa shape index (κ3) is 5.09. The normalized spacial score (nSPS) is 13.5. The van der Waals surface area contributed by atoms with E-state index in [0.29, 0.717) is 22.3 Å². The molecular formula is C49H29N3OS. The summed E-state index contributed by atoms with van der Waals surface area (Å²) in [5.74, 6) is 0.596. The third-order valence-corrected chi connectivity index (χ3v) is 10.9. The smallest absolute Gasteiger partial charge is 0.164 e. The maximum Gasteiger partial charge on any atom is 0.164 e. The average Bonchev–Trinajstić information content (AvgIpc) is 3.89. The van der Waals surface area contributed by atoms with Crippen LogP contribution in [-0.2, 0) is 0 Å². The molecule has 0 fully saturated rings. The Morgan fingerprint density at radius 1 is 0.426 bits per heavy atom. The van der Waals surface area contributed by atoms with E-state index in [1.54, 1.807) is 0 Å². The van der Waals surface area contributed by atoms with Gasteiger partial charge in [-0.2, -0.15) is 0 Å². The van der Waals surface area contributed by atoms with Crippen LogP contribution < -0.4 is 0 Å². The molecule has 0 saturated carbocycles. The molecule has 0 atom stereocenters. The molecule has 0 bridgehead atoms. The zero-order valence-corrected chi connectivity index (χ0v) is 29.2. The molecule has 0 N–H and O–H groups in total. The van der Waals surface area contributed by atoms with Crippen molar-refractivity contribution in [2.45, 2.75) is 0 Å². The van der Waals surface area contributed by atoms with Gasteiger partial charge in [-0.15, -0.1) is 11.3 Å². The molecule has 8 aromatic carbocycles. The van der Waals surface area contributed by atoms with E-state index in [9.17, 15) is 1.37 Å². The number of aromatic nitrogens is 3. The molecule has 0 radical (unpaired) electrons. The number of hydrogen-bond donors (Lipinski definition) is 0. The summed E-state index contributed by atoms with van der Waals surface area (Å²) in [4.78, 5) is 15.1. The summed E-state index contributed by atoms with van der Waals surface area (Å²) in [6.07, 6.45) is 0.